The summed E-state index contributed by atoms with van der Waals surface area (Å²) in [5, 5.41) is 13.7. The van der Waals surface area contributed by atoms with Gasteiger partial charge in [-0.3, -0.25) is 9.69 Å². The van der Waals surface area contributed by atoms with Gasteiger partial charge < -0.3 is 15.0 Å². The second kappa shape index (κ2) is 6.56. The number of rotatable bonds is 4. The zero-order chi connectivity index (χ0) is 18.4. The lowest BCUT2D eigenvalue weighted by atomic mass is 9.80. The Morgan fingerprint density at radius 2 is 2.19 bits per heavy atom. The number of fused-ring (bicyclic) bond motifs is 2. The van der Waals surface area contributed by atoms with E-state index in [1.165, 1.54) is 27.6 Å². The van der Waals surface area contributed by atoms with Crippen LogP contribution in [0.25, 0.3) is 16.5 Å². The van der Waals surface area contributed by atoms with Crippen LogP contribution in [0.15, 0.2) is 30.5 Å². The molecule has 0 bridgehead atoms. The standard InChI is InChI=1S/C21H27N3O2/c1-4-15(12-25)22-21(26)14-8-17-16-6-5-7-18-20(16)13(10-23(18)2)9-19(17)24(3)11-14/h5-8,10,14-15,19,25H,4,9,11-12H2,1-3H3,(H,22,26)/t14-,15-,19+/m0/s1. The molecule has 3 atom stereocenters. The molecular formula is C21H27N3O2. The van der Waals surface area contributed by atoms with Crippen LogP contribution in [-0.2, 0) is 18.3 Å². The summed E-state index contributed by atoms with van der Waals surface area (Å²) in [6, 6.07) is 6.60. The molecular weight excluding hydrogens is 326 g/mol. The van der Waals surface area contributed by atoms with E-state index in [2.05, 4.69) is 59.4 Å². The van der Waals surface area contributed by atoms with Gasteiger partial charge in [-0.05, 0) is 42.7 Å². The summed E-state index contributed by atoms with van der Waals surface area (Å²) in [7, 11) is 4.20. The zero-order valence-electron chi connectivity index (χ0n) is 15.7. The first kappa shape index (κ1) is 17.3. The van der Waals surface area contributed by atoms with Gasteiger partial charge in [-0.1, -0.05) is 25.1 Å². The highest BCUT2D eigenvalue weighted by molar-refractivity contribution is 5.99. The van der Waals surface area contributed by atoms with E-state index in [-0.39, 0.29) is 24.5 Å². The van der Waals surface area contributed by atoms with Crippen LogP contribution in [0.3, 0.4) is 0 Å². The Kier molecular flexibility index (Phi) is 4.37. The lowest BCUT2D eigenvalue weighted by molar-refractivity contribution is -0.125. The van der Waals surface area contributed by atoms with Crippen LogP contribution in [0.5, 0.6) is 0 Å². The molecule has 2 aromatic rings. The summed E-state index contributed by atoms with van der Waals surface area (Å²) in [5.41, 5.74) is 5.16. The number of hydrogen-bond donors (Lipinski definition) is 2. The first-order chi connectivity index (χ1) is 12.5. The number of nitrogens with one attached hydrogen (secondary N) is 1. The van der Waals surface area contributed by atoms with E-state index in [0.717, 1.165) is 12.8 Å². The third-order valence-corrected chi connectivity index (χ3v) is 5.97. The van der Waals surface area contributed by atoms with E-state index >= 15 is 0 Å². The molecule has 2 heterocycles. The number of likely N-dealkylation sites (N-methyl/N-ethyl adjacent to an activating group) is 1. The first-order valence-corrected chi connectivity index (χ1v) is 9.44. The average molecular weight is 353 g/mol. The Morgan fingerprint density at radius 1 is 1.38 bits per heavy atom. The van der Waals surface area contributed by atoms with Crippen molar-refractivity contribution < 1.29 is 9.90 Å². The topological polar surface area (TPSA) is 57.5 Å². The molecule has 138 valence electrons. The van der Waals surface area contributed by atoms with Crippen molar-refractivity contribution >= 4 is 22.4 Å². The number of benzene rings is 1. The van der Waals surface area contributed by atoms with Crippen molar-refractivity contribution in [2.75, 3.05) is 20.2 Å². The second-order valence-electron chi connectivity index (χ2n) is 7.65. The molecule has 1 amide bonds. The van der Waals surface area contributed by atoms with Crippen molar-refractivity contribution in [3.05, 3.63) is 41.6 Å². The van der Waals surface area contributed by atoms with E-state index in [1.807, 2.05) is 6.92 Å². The normalized spacial score (nSPS) is 23.5. The Morgan fingerprint density at radius 3 is 2.92 bits per heavy atom. The number of aliphatic hydroxyl groups is 1. The van der Waals surface area contributed by atoms with E-state index in [9.17, 15) is 9.90 Å². The Bertz CT molecular complexity index is 879. The number of aromatic nitrogens is 1. The third-order valence-electron chi connectivity index (χ3n) is 5.97. The quantitative estimate of drug-likeness (QED) is 0.883. The minimum absolute atomic E-state index is 0.00901. The Labute approximate surface area is 154 Å². The molecule has 5 nitrogen and oxygen atoms in total. The molecule has 0 saturated carbocycles. The second-order valence-corrected chi connectivity index (χ2v) is 7.65. The van der Waals surface area contributed by atoms with Gasteiger partial charge in [0, 0.05) is 36.7 Å². The third kappa shape index (κ3) is 2.66. The van der Waals surface area contributed by atoms with E-state index in [4.69, 9.17) is 0 Å². The molecule has 0 spiro atoms. The molecule has 1 aliphatic carbocycles. The maximum absolute atomic E-state index is 12.7. The maximum Gasteiger partial charge on any atom is 0.228 e. The highest BCUT2D eigenvalue weighted by Crippen LogP contribution is 2.41. The van der Waals surface area contributed by atoms with Gasteiger partial charge in [0.2, 0.25) is 5.91 Å². The van der Waals surface area contributed by atoms with Crippen LogP contribution < -0.4 is 5.32 Å². The van der Waals surface area contributed by atoms with Gasteiger partial charge in [0.05, 0.1) is 18.6 Å². The summed E-state index contributed by atoms with van der Waals surface area (Å²) in [6.45, 7) is 2.66. The fourth-order valence-corrected chi connectivity index (χ4v) is 4.48. The number of hydrogen-bond acceptors (Lipinski definition) is 3. The Balaban J connectivity index is 1.74. The molecule has 1 aliphatic heterocycles. The van der Waals surface area contributed by atoms with Crippen LogP contribution in [0.4, 0.5) is 0 Å². The summed E-state index contributed by atoms with van der Waals surface area (Å²) in [6.07, 6.45) is 6.12. The zero-order valence-corrected chi connectivity index (χ0v) is 15.7. The van der Waals surface area contributed by atoms with E-state index < -0.39 is 0 Å². The van der Waals surface area contributed by atoms with Crippen LogP contribution >= 0.6 is 0 Å². The largest absolute Gasteiger partial charge is 0.394 e. The lowest BCUT2D eigenvalue weighted by Gasteiger charge is -2.39. The molecule has 1 aromatic heterocycles. The van der Waals surface area contributed by atoms with Crippen molar-refractivity contribution in [2.24, 2.45) is 13.0 Å². The van der Waals surface area contributed by atoms with Crippen LogP contribution in [0.1, 0.15) is 24.5 Å². The molecule has 5 heteroatoms. The minimum atomic E-state index is -0.188. The predicted octanol–water partition coefficient (Wildman–Crippen LogP) is 1.94. The van der Waals surface area contributed by atoms with Gasteiger partial charge in [0.1, 0.15) is 0 Å². The molecule has 0 fully saturated rings. The number of nitrogens with zero attached hydrogens (tertiary/aromatic N) is 2. The van der Waals surface area contributed by atoms with Gasteiger partial charge in [0.15, 0.2) is 0 Å². The van der Waals surface area contributed by atoms with Gasteiger partial charge in [0.25, 0.3) is 0 Å². The first-order valence-electron chi connectivity index (χ1n) is 9.44. The molecule has 2 aliphatic rings. The highest BCUT2D eigenvalue weighted by atomic mass is 16.3. The van der Waals surface area contributed by atoms with Gasteiger partial charge >= 0.3 is 0 Å². The summed E-state index contributed by atoms with van der Waals surface area (Å²) in [4.78, 5) is 15.0. The fourth-order valence-electron chi connectivity index (χ4n) is 4.48. The molecule has 1 aromatic carbocycles. The summed E-state index contributed by atoms with van der Waals surface area (Å²) < 4.78 is 2.20. The highest BCUT2D eigenvalue weighted by Gasteiger charge is 2.36. The SMILES string of the molecule is CC[C@@H](CO)NC(=O)[C@H]1C=C2c3cccc4c3c(cn4C)C[C@H]2N(C)C1. The average Bonchev–Trinajstić information content (AvgIpc) is 2.97. The summed E-state index contributed by atoms with van der Waals surface area (Å²) in [5.74, 6) is -0.179. The Hall–Kier alpha value is -2.11. The van der Waals surface area contributed by atoms with Gasteiger partial charge in [-0.15, -0.1) is 0 Å². The van der Waals surface area contributed by atoms with Crippen molar-refractivity contribution in [1.82, 2.24) is 14.8 Å². The monoisotopic (exact) mass is 353 g/mol. The number of amides is 1. The summed E-state index contributed by atoms with van der Waals surface area (Å²) >= 11 is 0. The van der Waals surface area contributed by atoms with Crippen LogP contribution in [-0.4, -0.2) is 52.8 Å². The van der Waals surface area contributed by atoms with Crippen molar-refractivity contribution in [3.8, 4) is 0 Å². The van der Waals surface area contributed by atoms with Crippen molar-refractivity contribution in [2.45, 2.75) is 31.8 Å². The lowest BCUT2D eigenvalue weighted by Crippen LogP contribution is -2.48. The van der Waals surface area contributed by atoms with Gasteiger partial charge in [-0.25, -0.2) is 0 Å². The van der Waals surface area contributed by atoms with E-state index in [1.54, 1.807) is 0 Å². The van der Waals surface area contributed by atoms with Crippen LogP contribution in [0, 0.1) is 5.92 Å². The van der Waals surface area contributed by atoms with E-state index in [0.29, 0.717) is 12.6 Å². The molecule has 26 heavy (non-hydrogen) atoms. The molecule has 2 N–H and O–H groups in total. The van der Waals surface area contributed by atoms with Crippen molar-refractivity contribution in [3.63, 3.8) is 0 Å². The number of carbonyl (C=O) groups excluding carboxylic acids is 1. The van der Waals surface area contributed by atoms with Crippen LogP contribution in [0.2, 0.25) is 0 Å². The molecule has 0 unspecified atom stereocenters. The fraction of sp³-hybridized carbons (Fsp3) is 0.476. The maximum atomic E-state index is 12.7. The smallest absolute Gasteiger partial charge is 0.228 e. The molecule has 4 rings (SSSR count). The predicted molar refractivity (Wildman–Crippen MR) is 104 cm³/mol. The number of aryl methyl sites for hydroxylation is 1. The molecule has 0 saturated heterocycles. The number of aliphatic hydroxyl groups excluding tert-OH is 1. The van der Waals surface area contributed by atoms with Crippen molar-refractivity contribution in [1.29, 1.82) is 0 Å². The minimum Gasteiger partial charge on any atom is -0.394 e. The number of carbonyl (C=O) groups is 1. The molecule has 0 radical (unpaired) electrons. The van der Waals surface area contributed by atoms with Gasteiger partial charge in [-0.2, -0.15) is 0 Å².